The number of ether oxygens (including phenoxy) is 2. The SMILES string of the molecule is COC(=O)c1ccc(N=c2cc(-c3ccc(OC)cc3)oc3cc(C)cc(C)c23)cc1. The summed E-state index contributed by atoms with van der Waals surface area (Å²) < 4.78 is 16.3. The molecule has 156 valence electrons. The first kappa shape index (κ1) is 20.4. The highest BCUT2D eigenvalue weighted by Gasteiger charge is 2.10. The molecule has 3 aromatic carbocycles. The van der Waals surface area contributed by atoms with E-state index in [4.69, 9.17) is 18.9 Å². The molecule has 0 spiro atoms. The maximum absolute atomic E-state index is 11.7. The zero-order valence-corrected chi connectivity index (χ0v) is 17.9. The molecule has 0 N–H and O–H groups in total. The van der Waals surface area contributed by atoms with E-state index >= 15 is 0 Å². The molecule has 0 bridgehead atoms. The second kappa shape index (κ2) is 8.48. The van der Waals surface area contributed by atoms with Gasteiger partial charge in [0.1, 0.15) is 17.1 Å². The van der Waals surface area contributed by atoms with E-state index < -0.39 is 0 Å². The van der Waals surface area contributed by atoms with E-state index in [0.29, 0.717) is 11.3 Å². The van der Waals surface area contributed by atoms with E-state index in [0.717, 1.165) is 44.5 Å². The summed E-state index contributed by atoms with van der Waals surface area (Å²) in [6, 6.07) is 20.8. The molecule has 0 saturated carbocycles. The van der Waals surface area contributed by atoms with Crippen LogP contribution in [0, 0.1) is 13.8 Å². The van der Waals surface area contributed by atoms with Crippen LogP contribution in [-0.4, -0.2) is 20.2 Å². The summed E-state index contributed by atoms with van der Waals surface area (Å²) in [5, 5.41) is 1.76. The van der Waals surface area contributed by atoms with Gasteiger partial charge in [0.15, 0.2) is 0 Å². The van der Waals surface area contributed by atoms with Crippen LogP contribution >= 0.6 is 0 Å². The van der Waals surface area contributed by atoms with Crippen molar-refractivity contribution in [2.24, 2.45) is 4.99 Å². The van der Waals surface area contributed by atoms with Crippen molar-refractivity contribution in [2.75, 3.05) is 14.2 Å². The van der Waals surface area contributed by atoms with E-state index in [-0.39, 0.29) is 5.97 Å². The number of esters is 1. The zero-order valence-electron chi connectivity index (χ0n) is 17.9. The Balaban J connectivity index is 1.91. The number of aryl methyl sites for hydroxylation is 2. The number of carbonyl (C=O) groups excluding carboxylic acids is 1. The molecular formula is C26H23NO4. The topological polar surface area (TPSA) is 61.0 Å². The summed E-state index contributed by atoms with van der Waals surface area (Å²) >= 11 is 0. The van der Waals surface area contributed by atoms with Crippen LogP contribution in [0.1, 0.15) is 21.5 Å². The quantitative estimate of drug-likeness (QED) is 0.400. The number of carbonyl (C=O) groups is 1. The Morgan fingerprint density at radius 1 is 0.903 bits per heavy atom. The first-order valence-corrected chi connectivity index (χ1v) is 9.91. The highest BCUT2D eigenvalue weighted by atomic mass is 16.5. The van der Waals surface area contributed by atoms with Crippen LogP contribution < -0.4 is 10.1 Å². The van der Waals surface area contributed by atoms with Gasteiger partial charge in [-0.15, -0.1) is 0 Å². The molecular weight excluding hydrogens is 390 g/mol. The Hall–Kier alpha value is -3.86. The summed E-state index contributed by atoms with van der Waals surface area (Å²) in [7, 11) is 3.01. The Bertz CT molecular complexity index is 1320. The van der Waals surface area contributed by atoms with Crippen molar-refractivity contribution in [3.63, 3.8) is 0 Å². The lowest BCUT2D eigenvalue weighted by atomic mass is 10.0. The molecule has 5 nitrogen and oxygen atoms in total. The molecule has 0 amide bonds. The smallest absolute Gasteiger partial charge is 0.337 e. The normalized spacial score (nSPS) is 11.5. The zero-order chi connectivity index (χ0) is 22.0. The number of rotatable bonds is 4. The van der Waals surface area contributed by atoms with Gasteiger partial charge in [0, 0.05) is 17.0 Å². The van der Waals surface area contributed by atoms with Gasteiger partial charge in [-0.25, -0.2) is 9.79 Å². The largest absolute Gasteiger partial charge is 0.497 e. The van der Waals surface area contributed by atoms with E-state index in [2.05, 4.69) is 13.0 Å². The number of hydrogen-bond acceptors (Lipinski definition) is 5. The van der Waals surface area contributed by atoms with Crippen LogP contribution in [0.25, 0.3) is 22.3 Å². The van der Waals surface area contributed by atoms with Gasteiger partial charge in [-0.3, -0.25) is 0 Å². The third-order valence-electron chi connectivity index (χ3n) is 5.10. The molecule has 0 aliphatic rings. The maximum Gasteiger partial charge on any atom is 0.337 e. The van der Waals surface area contributed by atoms with Gasteiger partial charge in [0.25, 0.3) is 0 Å². The third kappa shape index (κ3) is 4.21. The van der Waals surface area contributed by atoms with E-state index in [1.807, 2.05) is 43.3 Å². The number of fused-ring (bicyclic) bond motifs is 1. The van der Waals surface area contributed by atoms with Gasteiger partial charge < -0.3 is 13.9 Å². The number of methoxy groups -OCH3 is 2. The number of benzene rings is 3. The molecule has 5 heteroatoms. The minimum atomic E-state index is -0.372. The van der Waals surface area contributed by atoms with Gasteiger partial charge in [-0.05, 0) is 79.6 Å². The van der Waals surface area contributed by atoms with E-state index in [1.54, 1.807) is 31.4 Å². The predicted molar refractivity (Wildman–Crippen MR) is 121 cm³/mol. The molecule has 1 heterocycles. The fourth-order valence-electron chi connectivity index (χ4n) is 3.60. The summed E-state index contributed by atoms with van der Waals surface area (Å²) in [6.45, 7) is 4.10. The van der Waals surface area contributed by atoms with Crippen molar-refractivity contribution in [1.29, 1.82) is 0 Å². The van der Waals surface area contributed by atoms with Crippen molar-refractivity contribution >= 4 is 22.6 Å². The van der Waals surface area contributed by atoms with E-state index in [9.17, 15) is 4.79 Å². The standard InChI is InChI=1S/C26H23NO4/c1-16-13-17(2)25-22(27-20-9-5-19(6-10-20)26(28)30-4)15-23(31-24(25)14-16)18-7-11-21(29-3)12-8-18/h5-15H,1-4H3. The summed E-state index contributed by atoms with van der Waals surface area (Å²) in [5.41, 5.74) is 5.13. The van der Waals surface area contributed by atoms with Gasteiger partial charge in [0.2, 0.25) is 0 Å². The average Bonchev–Trinajstić information content (AvgIpc) is 2.78. The van der Waals surface area contributed by atoms with Crippen LogP contribution in [-0.2, 0) is 4.74 Å². The Morgan fingerprint density at radius 2 is 1.61 bits per heavy atom. The summed E-state index contributed by atoms with van der Waals surface area (Å²) in [6.07, 6.45) is 0. The van der Waals surface area contributed by atoms with E-state index in [1.165, 1.54) is 7.11 Å². The molecule has 4 aromatic rings. The molecule has 4 rings (SSSR count). The fraction of sp³-hybridized carbons (Fsp3) is 0.154. The maximum atomic E-state index is 11.7. The molecule has 31 heavy (non-hydrogen) atoms. The molecule has 0 fully saturated rings. The van der Waals surface area contributed by atoms with Crippen molar-refractivity contribution in [3.8, 4) is 17.1 Å². The van der Waals surface area contributed by atoms with Crippen LogP contribution in [0.4, 0.5) is 5.69 Å². The fourth-order valence-corrected chi connectivity index (χ4v) is 3.60. The highest BCUT2D eigenvalue weighted by Crippen LogP contribution is 2.27. The van der Waals surface area contributed by atoms with Crippen molar-refractivity contribution in [3.05, 3.63) is 88.8 Å². The average molecular weight is 413 g/mol. The van der Waals surface area contributed by atoms with Gasteiger partial charge in [-0.1, -0.05) is 6.07 Å². The number of hydrogen-bond donors (Lipinski definition) is 0. The lowest BCUT2D eigenvalue weighted by Gasteiger charge is -2.09. The Kier molecular flexibility index (Phi) is 5.58. The molecule has 0 atom stereocenters. The highest BCUT2D eigenvalue weighted by molar-refractivity contribution is 5.89. The monoisotopic (exact) mass is 413 g/mol. The lowest BCUT2D eigenvalue weighted by Crippen LogP contribution is -2.05. The van der Waals surface area contributed by atoms with Crippen LogP contribution in [0.3, 0.4) is 0 Å². The summed E-state index contributed by atoms with van der Waals surface area (Å²) in [5.74, 6) is 1.13. The lowest BCUT2D eigenvalue weighted by molar-refractivity contribution is 0.0601. The number of nitrogens with zero attached hydrogens (tertiary/aromatic N) is 1. The second-order valence-corrected chi connectivity index (χ2v) is 7.33. The Labute approximate surface area is 180 Å². The molecule has 1 aromatic heterocycles. The van der Waals surface area contributed by atoms with Crippen molar-refractivity contribution in [2.45, 2.75) is 13.8 Å². The first-order chi connectivity index (χ1) is 15.0. The molecule has 0 aliphatic heterocycles. The second-order valence-electron chi connectivity index (χ2n) is 7.33. The van der Waals surface area contributed by atoms with Crippen LogP contribution in [0.15, 0.2) is 76.1 Å². The predicted octanol–water partition coefficient (Wildman–Crippen LogP) is 5.74. The van der Waals surface area contributed by atoms with Gasteiger partial charge in [0.05, 0.1) is 30.8 Å². The molecule has 0 unspecified atom stereocenters. The van der Waals surface area contributed by atoms with Crippen LogP contribution in [0.2, 0.25) is 0 Å². The third-order valence-corrected chi connectivity index (χ3v) is 5.10. The molecule has 0 radical (unpaired) electrons. The summed E-state index contributed by atoms with van der Waals surface area (Å²) in [4.78, 5) is 16.6. The van der Waals surface area contributed by atoms with Crippen LogP contribution in [0.5, 0.6) is 5.75 Å². The molecule has 0 saturated heterocycles. The van der Waals surface area contributed by atoms with Gasteiger partial charge >= 0.3 is 5.97 Å². The minimum Gasteiger partial charge on any atom is -0.497 e. The van der Waals surface area contributed by atoms with Crippen molar-refractivity contribution in [1.82, 2.24) is 0 Å². The first-order valence-electron chi connectivity index (χ1n) is 9.91. The Morgan fingerprint density at radius 3 is 2.26 bits per heavy atom. The van der Waals surface area contributed by atoms with Crippen molar-refractivity contribution < 1.29 is 18.7 Å². The van der Waals surface area contributed by atoms with Gasteiger partial charge in [-0.2, -0.15) is 0 Å². The minimum absolute atomic E-state index is 0.372. The molecule has 0 aliphatic carbocycles.